The molecular formula is C13H13N3O2S. The van der Waals surface area contributed by atoms with E-state index in [1.54, 1.807) is 12.1 Å². The Morgan fingerprint density at radius 2 is 2.16 bits per heavy atom. The number of anilines is 1. The summed E-state index contributed by atoms with van der Waals surface area (Å²) in [5.74, 6) is -0.494. The van der Waals surface area contributed by atoms with Crippen LogP contribution in [0.25, 0.3) is 0 Å². The zero-order valence-corrected chi connectivity index (χ0v) is 11.1. The van der Waals surface area contributed by atoms with E-state index in [2.05, 4.69) is 16.0 Å². The highest BCUT2D eigenvalue weighted by molar-refractivity contribution is 7.13. The molecular weight excluding hydrogens is 262 g/mol. The number of hydrogen-bond acceptors (Lipinski definition) is 5. The van der Waals surface area contributed by atoms with Crippen molar-refractivity contribution in [1.82, 2.24) is 5.43 Å². The number of hydrazine groups is 1. The number of carbonyl (C=O) groups is 1. The second-order valence-electron chi connectivity index (χ2n) is 3.87. The summed E-state index contributed by atoms with van der Waals surface area (Å²) < 4.78 is 0. The average Bonchev–Trinajstić information content (AvgIpc) is 2.91. The number of thiophene rings is 1. The van der Waals surface area contributed by atoms with Gasteiger partial charge in [-0.15, -0.1) is 11.3 Å². The van der Waals surface area contributed by atoms with Crippen molar-refractivity contribution in [1.29, 1.82) is 0 Å². The number of benzene rings is 1. The molecule has 98 valence electrons. The number of carbonyl (C=O) groups excluding carboxylic acids is 1. The van der Waals surface area contributed by atoms with Gasteiger partial charge in [-0.25, -0.2) is 0 Å². The molecule has 19 heavy (non-hydrogen) atoms. The van der Waals surface area contributed by atoms with E-state index in [1.165, 1.54) is 11.3 Å². The van der Waals surface area contributed by atoms with Crippen molar-refractivity contribution in [2.75, 3.05) is 5.43 Å². The van der Waals surface area contributed by atoms with Crippen LogP contribution in [-0.4, -0.2) is 16.8 Å². The zero-order chi connectivity index (χ0) is 13.7. The third-order valence-electron chi connectivity index (χ3n) is 2.41. The fraction of sp³-hybridized carbons (Fsp3) is 0.0769. The fourth-order valence-corrected chi connectivity index (χ4v) is 2.24. The summed E-state index contributed by atoms with van der Waals surface area (Å²) in [6, 6.07) is 11.1. The fourth-order valence-electron chi connectivity index (χ4n) is 1.53. The molecule has 0 aliphatic heterocycles. The first-order valence-corrected chi connectivity index (χ1v) is 6.47. The maximum Gasteiger partial charge on any atom is 0.293 e. The lowest BCUT2D eigenvalue weighted by molar-refractivity contribution is -0.114. The summed E-state index contributed by atoms with van der Waals surface area (Å²) in [5.41, 5.74) is 7.09. The van der Waals surface area contributed by atoms with Crippen molar-refractivity contribution < 1.29 is 10.0 Å². The highest BCUT2D eigenvalue weighted by atomic mass is 32.1. The standard InChI is InChI=1S/C13H13N3O2S/c1-9-4-2-5-10(8-9)14-15-13(17)12(16-18)11-6-3-7-19-11/h2-8,14,18H,1H3,(H,15,17)/b16-12+. The molecule has 0 bridgehead atoms. The van der Waals surface area contributed by atoms with Crippen molar-refractivity contribution in [3.8, 4) is 0 Å². The normalized spacial score (nSPS) is 11.1. The Labute approximate surface area is 114 Å². The molecule has 1 aromatic heterocycles. The SMILES string of the molecule is Cc1cccc(NNC(=O)/C(=N/O)c2cccs2)c1. The van der Waals surface area contributed by atoms with Gasteiger partial charge in [-0.3, -0.25) is 15.6 Å². The van der Waals surface area contributed by atoms with Crippen LogP contribution in [-0.2, 0) is 4.79 Å². The van der Waals surface area contributed by atoms with E-state index < -0.39 is 5.91 Å². The number of nitrogens with one attached hydrogen (secondary N) is 2. The first-order chi connectivity index (χ1) is 9.20. The Morgan fingerprint density at radius 3 is 2.79 bits per heavy atom. The van der Waals surface area contributed by atoms with E-state index in [1.807, 2.05) is 36.6 Å². The van der Waals surface area contributed by atoms with Crippen molar-refractivity contribution in [3.63, 3.8) is 0 Å². The highest BCUT2D eigenvalue weighted by Gasteiger charge is 2.15. The molecule has 0 aliphatic rings. The molecule has 0 atom stereocenters. The van der Waals surface area contributed by atoms with Gasteiger partial charge in [0.2, 0.25) is 0 Å². The number of amides is 1. The van der Waals surface area contributed by atoms with Crippen LogP contribution in [0.4, 0.5) is 5.69 Å². The Kier molecular flexibility index (Phi) is 4.15. The third-order valence-corrected chi connectivity index (χ3v) is 3.28. The molecule has 2 rings (SSSR count). The molecule has 0 spiro atoms. The maximum absolute atomic E-state index is 11.9. The van der Waals surface area contributed by atoms with Crippen LogP contribution in [0.2, 0.25) is 0 Å². The second kappa shape index (κ2) is 6.01. The molecule has 5 nitrogen and oxygen atoms in total. The zero-order valence-electron chi connectivity index (χ0n) is 10.3. The maximum atomic E-state index is 11.9. The number of aryl methyl sites for hydroxylation is 1. The molecule has 6 heteroatoms. The Bertz CT molecular complexity index is 594. The summed E-state index contributed by atoms with van der Waals surface area (Å²) in [5, 5.41) is 13.8. The van der Waals surface area contributed by atoms with Gasteiger partial charge in [-0.05, 0) is 36.1 Å². The van der Waals surface area contributed by atoms with Crippen molar-refractivity contribution >= 4 is 28.6 Å². The molecule has 0 unspecified atom stereocenters. The van der Waals surface area contributed by atoms with Crippen LogP contribution >= 0.6 is 11.3 Å². The lowest BCUT2D eigenvalue weighted by Crippen LogP contribution is -2.35. The van der Waals surface area contributed by atoms with Gasteiger partial charge in [0.25, 0.3) is 5.91 Å². The van der Waals surface area contributed by atoms with Crippen LogP contribution < -0.4 is 10.9 Å². The minimum Gasteiger partial charge on any atom is -0.410 e. The quantitative estimate of drug-likeness (QED) is 0.455. The summed E-state index contributed by atoms with van der Waals surface area (Å²) in [7, 11) is 0. The molecule has 0 saturated carbocycles. The average molecular weight is 275 g/mol. The van der Waals surface area contributed by atoms with E-state index in [4.69, 9.17) is 5.21 Å². The lowest BCUT2D eigenvalue weighted by atomic mass is 10.2. The first-order valence-electron chi connectivity index (χ1n) is 5.59. The van der Waals surface area contributed by atoms with Crippen LogP contribution in [0.1, 0.15) is 10.4 Å². The predicted molar refractivity (Wildman–Crippen MR) is 75.6 cm³/mol. The van der Waals surface area contributed by atoms with Crippen molar-refractivity contribution in [2.45, 2.75) is 6.92 Å². The number of oxime groups is 1. The number of nitrogens with zero attached hydrogens (tertiary/aromatic N) is 1. The second-order valence-corrected chi connectivity index (χ2v) is 4.82. The summed E-state index contributed by atoms with van der Waals surface area (Å²) in [6.45, 7) is 1.96. The molecule has 2 aromatic rings. The lowest BCUT2D eigenvalue weighted by Gasteiger charge is -2.09. The van der Waals surface area contributed by atoms with E-state index in [0.29, 0.717) is 4.88 Å². The minimum absolute atomic E-state index is 0.0184. The minimum atomic E-state index is -0.494. The smallest absolute Gasteiger partial charge is 0.293 e. The first kappa shape index (κ1) is 13.1. The van der Waals surface area contributed by atoms with Crippen LogP contribution in [0.15, 0.2) is 46.9 Å². The molecule has 0 aliphatic carbocycles. The topological polar surface area (TPSA) is 73.7 Å². The summed E-state index contributed by atoms with van der Waals surface area (Å²) in [6.07, 6.45) is 0. The van der Waals surface area contributed by atoms with E-state index in [0.717, 1.165) is 11.3 Å². The Hall–Kier alpha value is -2.34. The molecule has 0 fully saturated rings. The number of rotatable bonds is 4. The monoisotopic (exact) mass is 275 g/mol. The third kappa shape index (κ3) is 3.32. The van der Waals surface area contributed by atoms with Gasteiger partial charge in [0.15, 0.2) is 5.71 Å². The van der Waals surface area contributed by atoms with Gasteiger partial charge in [0, 0.05) is 0 Å². The molecule has 3 N–H and O–H groups in total. The highest BCUT2D eigenvalue weighted by Crippen LogP contribution is 2.11. The van der Waals surface area contributed by atoms with Gasteiger partial charge in [-0.1, -0.05) is 23.4 Å². The molecule has 0 radical (unpaired) electrons. The van der Waals surface area contributed by atoms with E-state index >= 15 is 0 Å². The van der Waals surface area contributed by atoms with Gasteiger partial charge in [0.05, 0.1) is 10.6 Å². The van der Waals surface area contributed by atoms with Crippen LogP contribution in [0.5, 0.6) is 0 Å². The largest absolute Gasteiger partial charge is 0.410 e. The van der Waals surface area contributed by atoms with Crippen molar-refractivity contribution in [3.05, 3.63) is 52.2 Å². The van der Waals surface area contributed by atoms with Crippen LogP contribution in [0.3, 0.4) is 0 Å². The Balaban J connectivity index is 2.01. The molecule has 1 aromatic carbocycles. The Morgan fingerprint density at radius 1 is 1.32 bits per heavy atom. The van der Waals surface area contributed by atoms with E-state index in [-0.39, 0.29) is 5.71 Å². The predicted octanol–water partition coefficient (Wildman–Crippen LogP) is 2.38. The van der Waals surface area contributed by atoms with Crippen LogP contribution in [0, 0.1) is 6.92 Å². The summed E-state index contributed by atoms with van der Waals surface area (Å²) in [4.78, 5) is 12.5. The number of hydrogen-bond donors (Lipinski definition) is 3. The van der Waals surface area contributed by atoms with Gasteiger partial charge in [-0.2, -0.15) is 0 Å². The van der Waals surface area contributed by atoms with Gasteiger partial charge in [0.1, 0.15) is 0 Å². The molecule has 1 heterocycles. The van der Waals surface area contributed by atoms with Gasteiger partial charge < -0.3 is 5.21 Å². The molecule has 0 saturated heterocycles. The summed E-state index contributed by atoms with van der Waals surface area (Å²) >= 11 is 1.33. The van der Waals surface area contributed by atoms with E-state index in [9.17, 15) is 4.79 Å². The van der Waals surface area contributed by atoms with Gasteiger partial charge >= 0.3 is 0 Å². The van der Waals surface area contributed by atoms with Crippen molar-refractivity contribution in [2.24, 2.45) is 5.16 Å². The molecule has 1 amide bonds.